The average molecular weight is 255 g/mol. The predicted octanol–water partition coefficient (Wildman–Crippen LogP) is 1.30. The Balaban J connectivity index is 2.24. The van der Waals surface area contributed by atoms with Crippen LogP contribution >= 0.6 is 11.8 Å². The first-order valence-electron chi connectivity index (χ1n) is 5.78. The number of hydrogen-bond acceptors (Lipinski definition) is 4. The van der Waals surface area contributed by atoms with E-state index in [1.54, 1.807) is 18.9 Å². The lowest BCUT2D eigenvalue weighted by Crippen LogP contribution is -2.38. The Hall–Kier alpha value is -0.550. The molecular weight excluding hydrogens is 234 g/mol. The second-order valence-corrected chi connectivity index (χ2v) is 5.14. The van der Waals surface area contributed by atoms with Gasteiger partial charge in [0.1, 0.15) is 0 Å². The SMILES string of the molecule is COCCSCC(O)C(N)Cc1ccccc1. The largest absolute Gasteiger partial charge is 0.391 e. The minimum absolute atomic E-state index is 0.201. The van der Waals surface area contributed by atoms with Crippen LogP contribution in [-0.4, -0.2) is 42.5 Å². The van der Waals surface area contributed by atoms with Crippen molar-refractivity contribution in [3.8, 4) is 0 Å². The van der Waals surface area contributed by atoms with Gasteiger partial charge < -0.3 is 15.6 Å². The summed E-state index contributed by atoms with van der Waals surface area (Å²) in [5.74, 6) is 1.56. The number of rotatable bonds is 8. The van der Waals surface area contributed by atoms with Gasteiger partial charge in [-0.15, -0.1) is 0 Å². The lowest BCUT2D eigenvalue weighted by molar-refractivity contribution is 0.167. The molecule has 0 aliphatic rings. The van der Waals surface area contributed by atoms with Gasteiger partial charge in [-0.3, -0.25) is 0 Å². The van der Waals surface area contributed by atoms with Crippen LogP contribution in [0.5, 0.6) is 0 Å². The highest BCUT2D eigenvalue weighted by Gasteiger charge is 2.14. The minimum atomic E-state index is -0.461. The molecule has 1 aromatic carbocycles. The fourth-order valence-corrected chi connectivity index (χ4v) is 2.43. The Morgan fingerprint density at radius 2 is 2.06 bits per heavy atom. The third-order valence-corrected chi connectivity index (χ3v) is 3.56. The van der Waals surface area contributed by atoms with Crippen LogP contribution in [0.4, 0.5) is 0 Å². The molecule has 17 heavy (non-hydrogen) atoms. The molecule has 2 atom stereocenters. The van der Waals surface area contributed by atoms with E-state index >= 15 is 0 Å². The van der Waals surface area contributed by atoms with Crippen molar-refractivity contribution in [1.82, 2.24) is 0 Å². The Labute approximate surface area is 107 Å². The van der Waals surface area contributed by atoms with Gasteiger partial charge in [-0.1, -0.05) is 30.3 Å². The van der Waals surface area contributed by atoms with Crippen LogP contribution in [0.25, 0.3) is 0 Å². The van der Waals surface area contributed by atoms with Crippen molar-refractivity contribution >= 4 is 11.8 Å². The second-order valence-electron chi connectivity index (χ2n) is 3.99. The van der Waals surface area contributed by atoms with Gasteiger partial charge in [0, 0.05) is 24.7 Å². The van der Waals surface area contributed by atoms with Crippen LogP contribution in [0, 0.1) is 0 Å². The highest BCUT2D eigenvalue weighted by atomic mass is 32.2. The third-order valence-electron chi connectivity index (χ3n) is 2.53. The number of ether oxygens (including phenoxy) is 1. The Morgan fingerprint density at radius 3 is 2.71 bits per heavy atom. The van der Waals surface area contributed by atoms with Crippen molar-refractivity contribution in [3.05, 3.63) is 35.9 Å². The molecule has 3 nitrogen and oxygen atoms in total. The van der Waals surface area contributed by atoms with E-state index in [1.807, 2.05) is 30.3 Å². The molecule has 0 aliphatic heterocycles. The van der Waals surface area contributed by atoms with Gasteiger partial charge in [0.25, 0.3) is 0 Å². The summed E-state index contributed by atoms with van der Waals surface area (Å²) >= 11 is 1.67. The Morgan fingerprint density at radius 1 is 1.35 bits per heavy atom. The molecule has 0 spiro atoms. The van der Waals surface area contributed by atoms with E-state index < -0.39 is 6.10 Å². The monoisotopic (exact) mass is 255 g/mol. The summed E-state index contributed by atoms with van der Waals surface area (Å²) < 4.78 is 4.95. The molecule has 0 amide bonds. The summed E-state index contributed by atoms with van der Waals surface area (Å²) in [5, 5.41) is 9.89. The number of aliphatic hydroxyl groups excluding tert-OH is 1. The van der Waals surface area contributed by atoms with E-state index in [1.165, 1.54) is 5.56 Å². The lowest BCUT2D eigenvalue weighted by atomic mass is 10.0. The van der Waals surface area contributed by atoms with Crippen LogP contribution < -0.4 is 5.73 Å². The molecule has 0 saturated heterocycles. The average Bonchev–Trinajstić information content (AvgIpc) is 2.35. The fourth-order valence-electron chi connectivity index (χ4n) is 1.49. The predicted molar refractivity (Wildman–Crippen MR) is 73.3 cm³/mol. The minimum Gasteiger partial charge on any atom is -0.391 e. The maximum Gasteiger partial charge on any atom is 0.0784 e. The molecule has 0 radical (unpaired) electrons. The molecule has 0 saturated carbocycles. The fraction of sp³-hybridized carbons (Fsp3) is 0.538. The van der Waals surface area contributed by atoms with Crippen molar-refractivity contribution in [2.24, 2.45) is 5.73 Å². The van der Waals surface area contributed by atoms with Crippen molar-refractivity contribution in [1.29, 1.82) is 0 Å². The summed E-state index contributed by atoms with van der Waals surface area (Å²) in [6, 6.07) is 9.82. The van der Waals surface area contributed by atoms with E-state index in [4.69, 9.17) is 10.5 Å². The highest BCUT2D eigenvalue weighted by Crippen LogP contribution is 2.09. The highest BCUT2D eigenvalue weighted by molar-refractivity contribution is 7.99. The quantitative estimate of drug-likeness (QED) is 0.687. The van der Waals surface area contributed by atoms with E-state index in [0.29, 0.717) is 18.8 Å². The Kier molecular flexibility index (Phi) is 7.28. The standard InChI is InChI=1S/C13H21NO2S/c1-16-7-8-17-10-13(15)12(14)9-11-5-3-2-4-6-11/h2-6,12-13,15H,7-10,14H2,1H3. The normalized spacial score (nSPS) is 14.5. The maximum atomic E-state index is 9.89. The van der Waals surface area contributed by atoms with Crippen molar-refractivity contribution in [2.75, 3.05) is 25.2 Å². The topological polar surface area (TPSA) is 55.5 Å². The van der Waals surface area contributed by atoms with Gasteiger partial charge in [0.15, 0.2) is 0 Å². The number of nitrogens with two attached hydrogens (primary N) is 1. The van der Waals surface area contributed by atoms with Crippen LogP contribution in [0.15, 0.2) is 30.3 Å². The molecule has 0 heterocycles. The summed E-state index contributed by atoms with van der Waals surface area (Å²) in [6.07, 6.45) is 0.254. The molecule has 2 unspecified atom stereocenters. The summed E-state index contributed by atoms with van der Waals surface area (Å²) in [7, 11) is 1.68. The number of methoxy groups -OCH3 is 1. The molecular formula is C13H21NO2S. The van der Waals surface area contributed by atoms with Crippen molar-refractivity contribution in [2.45, 2.75) is 18.6 Å². The van der Waals surface area contributed by atoms with Gasteiger partial charge in [-0.2, -0.15) is 11.8 Å². The van der Waals surface area contributed by atoms with Crippen LogP contribution in [0.3, 0.4) is 0 Å². The zero-order valence-corrected chi connectivity index (χ0v) is 11.0. The smallest absolute Gasteiger partial charge is 0.0784 e. The van der Waals surface area contributed by atoms with Gasteiger partial charge in [0.2, 0.25) is 0 Å². The maximum absolute atomic E-state index is 9.89. The van der Waals surface area contributed by atoms with Gasteiger partial charge in [-0.25, -0.2) is 0 Å². The molecule has 96 valence electrons. The zero-order chi connectivity index (χ0) is 12.5. The lowest BCUT2D eigenvalue weighted by Gasteiger charge is -2.18. The second kappa shape index (κ2) is 8.53. The van der Waals surface area contributed by atoms with Gasteiger partial charge >= 0.3 is 0 Å². The molecule has 1 aromatic rings. The molecule has 0 aromatic heterocycles. The van der Waals surface area contributed by atoms with E-state index in [9.17, 15) is 5.11 Å². The molecule has 4 heteroatoms. The number of benzene rings is 1. The first-order valence-corrected chi connectivity index (χ1v) is 6.93. The van der Waals surface area contributed by atoms with E-state index in [2.05, 4.69) is 0 Å². The van der Waals surface area contributed by atoms with E-state index in [0.717, 1.165) is 5.75 Å². The third kappa shape index (κ3) is 6.07. The van der Waals surface area contributed by atoms with Crippen molar-refractivity contribution in [3.63, 3.8) is 0 Å². The van der Waals surface area contributed by atoms with Gasteiger partial charge in [-0.05, 0) is 12.0 Å². The number of hydrogen-bond donors (Lipinski definition) is 2. The van der Waals surface area contributed by atoms with Crippen LogP contribution in [0.2, 0.25) is 0 Å². The molecule has 0 fully saturated rings. The van der Waals surface area contributed by atoms with Gasteiger partial charge in [0.05, 0.1) is 12.7 Å². The van der Waals surface area contributed by atoms with Crippen LogP contribution in [-0.2, 0) is 11.2 Å². The molecule has 0 bridgehead atoms. The summed E-state index contributed by atoms with van der Waals surface area (Å²) in [5.41, 5.74) is 7.14. The first kappa shape index (κ1) is 14.5. The molecule has 0 aliphatic carbocycles. The summed E-state index contributed by atoms with van der Waals surface area (Å²) in [6.45, 7) is 0.714. The van der Waals surface area contributed by atoms with Crippen LogP contribution in [0.1, 0.15) is 5.56 Å². The Bertz CT molecular complexity index is 295. The molecule has 3 N–H and O–H groups in total. The summed E-state index contributed by atoms with van der Waals surface area (Å²) in [4.78, 5) is 0. The number of thioether (sulfide) groups is 1. The zero-order valence-electron chi connectivity index (χ0n) is 10.2. The first-order chi connectivity index (χ1) is 8.24. The number of aliphatic hydroxyl groups is 1. The van der Waals surface area contributed by atoms with E-state index in [-0.39, 0.29) is 6.04 Å². The van der Waals surface area contributed by atoms with Crippen molar-refractivity contribution < 1.29 is 9.84 Å². The molecule has 1 rings (SSSR count).